The number of nitrogens with zero attached hydrogens (tertiary/aromatic N) is 3. The van der Waals surface area contributed by atoms with Crippen LogP contribution in [0.5, 0.6) is 0 Å². The molecule has 0 bridgehead atoms. The predicted octanol–water partition coefficient (Wildman–Crippen LogP) is 2.06. The smallest absolute Gasteiger partial charge is 0.358 e. The van der Waals surface area contributed by atoms with E-state index in [1.165, 1.54) is 30.3 Å². The third kappa shape index (κ3) is 7.44. The molecule has 3 N–H and O–H groups in total. The van der Waals surface area contributed by atoms with Crippen LogP contribution in [0.1, 0.15) is 46.4 Å². The number of ether oxygens (including phenoxy) is 1. The molecule has 232 valence electrons. The van der Waals surface area contributed by atoms with E-state index < -0.39 is 66.6 Å². The molecule has 2 atom stereocenters. The number of amides is 5. The highest BCUT2D eigenvalue weighted by Gasteiger charge is 2.44. The fraction of sp³-hybridized carbons (Fsp3) is 0.321. The number of rotatable bonds is 10. The van der Waals surface area contributed by atoms with Gasteiger partial charge in [0.1, 0.15) is 12.1 Å². The SMILES string of the molecule is O=C(O)C[C@H](NC(=O)[C@@H]1CCCN2C(=O)CCN(NC(=O)c3ccccc3)C(=O)N12)C(=O)COC(=O)c1c(Cl)cccc1Cl. The summed E-state index contributed by atoms with van der Waals surface area (Å²) >= 11 is 12.0. The molecule has 5 amide bonds. The van der Waals surface area contributed by atoms with Gasteiger partial charge in [0, 0.05) is 18.5 Å². The van der Waals surface area contributed by atoms with E-state index in [1.807, 2.05) is 0 Å². The standard InChI is InChI=1S/C28H27Cl2N5O9/c29-17-8-4-9-18(30)24(17)27(42)44-15-21(36)19(14-23(38)39)31-26(41)20-10-5-12-34-22(37)11-13-33(28(43)35(20)34)32-25(40)16-6-2-1-3-7-16/h1-4,6-9,19-20H,5,10-15H2,(H,31,41)(H,32,40)(H,38,39)/t19-,20-/m0/s1. The van der Waals surface area contributed by atoms with Crippen molar-refractivity contribution in [1.29, 1.82) is 0 Å². The normalized spacial score (nSPS) is 17.2. The lowest BCUT2D eigenvalue weighted by molar-refractivity contribution is -0.155. The molecule has 2 saturated heterocycles. The van der Waals surface area contributed by atoms with E-state index >= 15 is 0 Å². The zero-order chi connectivity index (χ0) is 32.0. The first-order chi connectivity index (χ1) is 21.0. The Morgan fingerprint density at radius 3 is 2.32 bits per heavy atom. The van der Waals surface area contributed by atoms with Crippen molar-refractivity contribution in [2.45, 2.75) is 37.8 Å². The van der Waals surface area contributed by atoms with Gasteiger partial charge < -0.3 is 15.2 Å². The topological polar surface area (TPSA) is 183 Å². The van der Waals surface area contributed by atoms with Crippen molar-refractivity contribution in [3.8, 4) is 0 Å². The fourth-order valence-corrected chi connectivity index (χ4v) is 5.23. The zero-order valence-corrected chi connectivity index (χ0v) is 24.5. The number of esters is 1. The van der Waals surface area contributed by atoms with Gasteiger partial charge in [0.15, 0.2) is 12.4 Å². The van der Waals surface area contributed by atoms with Gasteiger partial charge in [-0.3, -0.25) is 29.4 Å². The summed E-state index contributed by atoms with van der Waals surface area (Å²) in [5.41, 5.74) is 2.53. The van der Waals surface area contributed by atoms with Gasteiger partial charge >= 0.3 is 18.0 Å². The molecule has 0 saturated carbocycles. The first kappa shape index (κ1) is 32.2. The molecular formula is C28H27Cl2N5O9. The number of carbonyl (C=O) groups is 7. The van der Waals surface area contributed by atoms with Crippen molar-refractivity contribution in [2.75, 3.05) is 19.7 Å². The van der Waals surface area contributed by atoms with Crippen LogP contribution in [0.15, 0.2) is 48.5 Å². The van der Waals surface area contributed by atoms with Gasteiger partial charge in [-0.05, 0) is 37.1 Å². The second-order valence-corrected chi connectivity index (χ2v) is 10.6. The molecule has 2 aromatic rings. The van der Waals surface area contributed by atoms with Crippen molar-refractivity contribution < 1.29 is 43.4 Å². The molecule has 2 aromatic carbocycles. The number of hydrazine groups is 2. The van der Waals surface area contributed by atoms with Crippen LogP contribution in [-0.2, 0) is 23.9 Å². The van der Waals surface area contributed by atoms with Crippen LogP contribution in [-0.4, -0.2) is 93.4 Å². The first-order valence-corrected chi connectivity index (χ1v) is 14.2. The fourth-order valence-electron chi connectivity index (χ4n) is 4.68. The number of carboxylic acid groups (broad SMARTS) is 1. The molecule has 2 fully saturated rings. The van der Waals surface area contributed by atoms with E-state index in [4.69, 9.17) is 27.9 Å². The molecule has 2 heterocycles. The average Bonchev–Trinajstić information content (AvgIpc) is 3.11. The summed E-state index contributed by atoms with van der Waals surface area (Å²) in [7, 11) is 0. The third-order valence-electron chi connectivity index (χ3n) is 6.84. The molecule has 4 rings (SSSR count). The number of Topliss-reactive ketones (excluding diaryl/α,β-unsaturated/α-hetero) is 1. The molecule has 2 aliphatic heterocycles. The van der Waals surface area contributed by atoms with E-state index in [9.17, 15) is 38.7 Å². The molecule has 14 nitrogen and oxygen atoms in total. The summed E-state index contributed by atoms with van der Waals surface area (Å²) in [6.45, 7) is -0.971. The Labute approximate surface area is 260 Å². The Morgan fingerprint density at radius 1 is 0.977 bits per heavy atom. The first-order valence-electron chi connectivity index (χ1n) is 13.4. The number of urea groups is 1. The van der Waals surface area contributed by atoms with Crippen molar-refractivity contribution >= 4 is 64.7 Å². The average molecular weight is 648 g/mol. The number of fused-ring (bicyclic) bond motifs is 1. The molecule has 0 aromatic heterocycles. The molecule has 0 aliphatic carbocycles. The number of aliphatic carboxylic acids is 1. The van der Waals surface area contributed by atoms with E-state index in [-0.39, 0.29) is 47.1 Å². The lowest BCUT2D eigenvalue weighted by Crippen LogP contribution is -2.65. The summed E-state index contributed by atoms with van der Waals surface area (Å²) in [5.74, 6) is -5.45. The van der Waals surface area contributed by atoms with E-state index in [1.54, 1.807) is 18.2 Å². The Balaban J connectivity index is 1.49. The molecule has 44 heavy (non-hydrogen) atoms. The molecule has 16 heteroatoms. The minimum absolute atomic E-state index is 0.0298. The van der Waals surface area contributed by atoms with Crippen molar-refractivity contribution in [3.63, 3.8) is 0 Å². The number of ketones is 1. The molecule has 0 spiro atoms. The number of hydrogen-bond acceptors (Lipinski definition) is 8. The van der Waals surface area contributed by atoms with E-state index in [0.717, 1.165) is 15.0 Å². The Kier molecular flexibility index (Phi) is 10.4. The number of nitrogens with one attached hydrogen (secondary N) is 2. The zero-order valence-electron chi connectivity index (χ0n) is 23.0. The summed E-state index contributed by atoms with van der Waals surface area (Å²) in [4.78, 5) is 89.7. The molecule has 0 unspecified atom stereocenters. The van der Waals surface area contributed by atoms with Crippen LogP contribution in [0, 0.1) is 0 Å². The Morgan fingerprint density at radius 2 is 1.66 bits per heavy atom. The second-order valence-electron chi connectivity index (χ2n) is 9.81. The maximum atomic E-state index is 13.6. The lowest BCUT2D eigenvalue weighted by Gasteiger charge is -2.43. The van der Waals surface area contributed by atoms with E-state index in [0.29, 0.717) is 6.42 Å². The highest BCUT2D eigenvalue weighted by Crippen LogP contribution is 2.26. The third-order valence-corrected chi connectivity index (χ3v) is 7.47. The van der Waals surface area contributed by atoms with Gasteiger partial charge in [-0.15, -0.1) is 0 Å². The predicted molar refractivity (Wildman–Crippen MR) is 153 cm³/mol. The maximum Gasteiger partial charge on any atom is 0.358 e. The summed E-state index contributed by atoms with van der Waals surface area (Å²) in [5, 5.41) is 14.6. The summed E-state index contributed by atoms with van der Waals surface area (Å²) in [6, 6.07) is 8.46. The van der Waals surface area contributed by atoms with Crippen LogP contribution in [0.3, 0.4) is 0 Å². The summed E-state index contributed by atoms with van der Waals surface area (Å²) < 4.78 is 5.00. The van der Waals surface area contributed by atoms with Crippen molar-refractivity contribution in [1.82, 2.24) is 25.8 Å². The second kappa shape index (κ2) is 14.2. The Hall–Kier alpha value is -4.69. The largest absolute Gasteiger partial charge is 0.481 e. The highest BCUT2D eigenvalue weighted by molar-refractivity contribution is 6.39. The van der Waals surface area contributed by atoms with Gasteiger partial charge in [-0.1, -0.05) is 47.5 Å². The number of benzene rings is 2. The monoisotopic (exact) mass is 647 g/mol. The maximum absolute atomic E-state index is 13.6. The molecule has 2 aliphatic rings. The summed E-state index contributed by atoms with van der Waals surface area (Å²) in [6.07, 6.45) is -0.627. The highest BCUT2D eigenvalue weighted by atomic mass is 35.5. The number of halogens is 2. The number of carboxylic acids is 1. The van der Waals surface area contributed by atoms with Gasteiger partial charge in [-0.25, -0.2) is 24.6 Å². The minimum Gasteiger partial charge on any atom is -0.481 e. The van der Waals surface area contributed by atoms with Gasteiger partial charge in [-0.2, -0.15) is 0 Å². The van der Waals surface area contributed by atoms with Crippen LogP contribution in [0.2, 0.25) is 10.0 Å². The van der Waals surface area contributed by atoms with Gasteiger partial charge in [0.2, 0.25) is 11.8 Å². The van der Waals surface area contributed by atoms with Crippen LogP contribution >= 0.6 is 23.2 Å². The van der Waals surface area contributed by atoms with Crippen molar-refractivity contribution in [3.05, 3.63) is 69.7 Å². The van der Waals surface area contributed by atoms with Crippen LogP contribution in [0.25, 0.3) is 0 Å². The van der Waals surface area contributed by atoms with Gasteiger partial charge in [0.05, 0.1) is 28.6 Å². The van der Waals surface area contributed by atoms with Crippen molar-refractivity contribution in [2.24, 2.45) is 0 Å². The van der Waals surface area contributed by atoms with Crippen LogP contribution < -0.4 is 10.7 Å². The number of carbonyl (C=O) groups excluding carboxylic acids is 6. The van der Waals surface area contributed by atoms with Crippen LogP contribution in [0.4, 0.5) is 4.79 Å². The molecular weight excluding hydrogens is 621 g/mol. The molecule has 0 radical (unpaired) electrons. The number of hydrogen-bond donors (Lipinski definition) is 3. The minimum atomic E-state index is -1.66. The van der Waals surface area contributed by atoms with Gasteiger partial charge in [0.25, 0.3) is 5.91 Å². The quantitative estimate of drug-likeness (QED) is 0.325. The Bertz CT molecular complexity index is 1470. The van der Waals surface area contributed by atoms with E-state index in [2.05, 4.69) is 10.7 Å². The lowest BCUT2D eigenvalue weighted by atomic mass is 10.0.